The fourth-order valence-electron chi connectivity index (χ4n) is 2.41. The molecule has 0 saturated heterocycles. The zero-order valence-corrected chi connectivity index (χ0v) is 12.3. The summed E-state index contributed by atoms with van der Waals surface area (Å²) < 4.78 is 17.2. The number of rotatable bonds is 3. The molecule has 1 aromatic carbocycles. The van der Waals surface area contributed by atoms with Gasteiger partial charge in [0.15, 0.2) is 11.5 Å². The molecule has 5 heteroatoms. The summed E-state index contributed by atoms with van der Waals surface area (Å²) in [5, 5.41) is 0. The van der Waals surface area contributed by atoms with Crippen molar-refractivity contribution in [3.63, 3.8) is 0 Å². The second kappa shape index (κ2) is 4.71. The van der Waals surface area contributed by atoms with Crippen LogP contribution in [0.15, 0.2) is 16.6 Å². The first-order valence-electron chi connectivity index (χ1n) is 6.44. The third-order valence-electron chi connectivity index (χ3n) is 3.56. The van der Waals surface area contributed by atoms with E-state index in [9.17, 15) is 4.79 Å². The largest absolute Gasteiger partial charge is 0.486 e. The van der Waals surface area contributed by atoms with Gasteiger partial charge in [-0.3, -0.25) is 4.79 Å². The molecule has 0 aromatic heterocycles. The summed E-state index contributed by atoms with van der Waals surface area (Å²) in [5.74, 6) is 1.29. The molecule has 0 amide bonds. The van der Waals surface area contributed by atoms with Crippen molar-refractivity contribution < 1.29 is 19.0 Å². The van der Waals surface area contributed by atoms with Gasteiger partial charge in [0.05, 0.1) is 12.0 Å². The maximum atomic E-state index is 12.1. The van der Waals surface area contributed by atoms with Crippen LogP contribution in [0.5, 0.6) is 11.5 Å². The highest BCUT2D eigenvalue weighted by Crippen LogP contribution is 2.53. The Labute approximate surface area is 120 Å². The molecular weight excluding hydrogens is 312 g/mol. The minimum absolute atomic E-state index is 0.146. The molecule has 1 aliphatic heterocycles. The number of hydrogen-bond donors (Lipinski definition) is 0. The summed E-state index contributed by atoms with van der Waals surface area (Å²) in [6.07, 6.45) is 1.65. The van der Waals surface area contributed by atoms with Crippen LogP contribution in [0.3, 0.4) is 0 Å². The lowest BCUT2D eigenvalue weighted by atomic mass is 9.95. The first kappa shape index (κ1) is 12.8. The highest BCUT2D eigenvalue weighted by molar-refractivity contribution is 9.10. The van der Waals surface area contributed by atoms with Crippen LogP contribution in [0, 0.1) is 0 Å². The summed E-state index contributed by atoms with van der Waals surface area (Å²) >= 11 is 3.53. The van der Waals surface area contributed by atoms with Gasteiger partial charge in [0.1, 0.15) is 13.2 Å². The molecule has 2 aliphatic rings. The van der Waals surface area contributed by atoms with Crippen molar-refractivity contribution in [2.45, 2.75) is 25.2 Å². The highest BCUT2D eigenvalue weighted by atomic mass is 79.9. The van der Waals surface area contributed by atoms with Gasteiger partial charge in [-0.2, -0.15) is 0 Å². The van der Waals surface area contributed by atoms with E-state index in [1.165, 1.54) is 0 Å². The Morgan fingerprint density at radius 3 is 2.53 bits per heavy atom. The van der Waals surface area contributed by atoms with Gasteiger partial charge in [-0.1, -0.05) is 15.9 Å². The highest BCUT2D eigenvalue weighted by Gasteiger charge is 2.54. The fourth-order valence-corrected chi connectivity index (χ4v) is 3.11. The summed E-state index contributed by atoms with van der Waals surface area (Å²) in [5.41, 5.74) is 0.445. The maximum Gasteiger partial charge on any atom is 0.316 e. The molecule has 0 spiro atoms. The molecule has 1 heterocycles. The Kier molecular flexibility index (Phi) is 3.17. The molecule has 102 valence electrons. The van der Waals surface area contributed by atoms with Crippen LogP contribution in [0.25, 0.3) is 0 Å². The van der Waals surface area contributed by atoms with Crippen LogP contribution in [-0.4, -0.2) is 25.8 Å². The van der Waals surface area contributed by atoms with Crippen LogP contribution in [0.2, 0.25) is 0 Å². The van der Waals surface area contributed by atoms with Crippen molar-refractivity contribution in [1.29, 1.82) is 0 Å². The zero-order valence-electron chi connectivity index (χ0n) is 10.7. The van der Waals surface area contributed by atoms with Gasteiger partial charge in [-0.25, -0.2) is 0 Å². The van der Waals surface area contributed by atoms with E-state index in [2.05, 4.69) is 15.9 Å². The molecule has 0 unspecified atom stereocenters. The molecule has 1 aliphatic carbocycles. The van der Waals surface area contributed by atoms with Gasteiger partial charge in [-0.15, -0.1) is 0 Å². The van der Waals surface area contributed by atoms with Crippen LogP contribution >= 0.6 is 15.9 Å². The smallest absolute Gasteiger partial charge is 0.316 e. The molecule has 19 heavy (non-hydrogen) atoms. The predicted octanol–water partition coefficient (Wildman–Crippen LogP) is 2.82. The number of hydrogen-bond acceptors (Lipinski definition) is 4. The Balaban J connectivity index is 1.99. The van der Waals surface area contributed by atoms with Gasteiger partial charge in [-0.05, 0) is 37.5 Å². The van der Waals surface area contributed by atoms with Crippen LogP contribution < -0.4 is 9.47 Å². The maximum absolute atomic E-state index is 12.1. The topological polar surface area (TPSA) is 44.8 Å². The SMILES string of the molecule is CCOC(=O)C1(c2cc3c(cc2Br)OCCO3)CC1. The number of halogens is 1. The van der Waals surface area contributed by atoms with E-state index in [1.54, 1.807) is 0 Å². The van der Waals surface area contributed by atoms with Crippen molar-refractivity contribution in [1.82, 2.24) is 0 Å². The van der Waals surface area contributed by atoms with Gasteiger partial charge < -0.3 is 14.2 Å². The van der Waals surface area contributed by atoms with Gasteiger partial charge in [0.25, 0.3) is 0 Å². The number of carbonyl (C=O) groups is 1. The lowest BCUT2D eigenvalue weighted by Crippen LogP contribution is -2.24. The van der Waals surface area contributed by atoms with E-state index < -0.39 is 5.41 Å². The van der Waals surface area contributed by atoms with Crippen LogP contribution in [-0.2, 0) is 14.9 Å². The molecular formula is C14H15BrO4. The Hall–Kier alpha value is -1.23. The van der Waals surface area contributed by atoms with E-state index >= 15 is 0 Å². The number of esters is 1. The van der Waals surface area contributed by atoms with E-state index in [1.807, 2.05) is 19.1 Å². The molecule has 0 atom stereocenters. The zero-order chi connectivity index (χ0) is 13.5. The van der Waals surface area contributed by atoms with Crippen molar-refractivity contribution in [3.8, 4) is 11.5 Å². The number of carbonyl (C=O) groups excluding carboxylic acids is 1. The average Bonchev–Trinajstić information content (AvgIpc) is 3.19. The number of fused-ring (bicyclic) bond motifs is 1. The van der Waals surface area contributed by atoms with Crippen molar-refractivity contribution in [2.24, 2.45) is 0 Å². The van der Waals surface area contributed by atoms with E-state index in [0.29, 0.717) is 25.6 Å². The molecule has 0 radical (unpaired) electrons. The van der Waals surface area contributed by atoms with E-state index in [4.69, 9.17) is 14.2 Å². The molecule has 3 rings (SSSR count). The second-order valence-corrected chi connectivity index (χ2v) is 5.63. The fraction of sp³-hybridized carbons (Fsp3) is 0.500. The lowest BCUT2D eigenvalue weighted by molar-refractivity contribution is -0.146. The normalized spacial score (nSPS) is 18.8. The summed E-state index contributed by atoms with van der Waals surface area (Å²) in [4.78, 5) is 12.1. The third-order valence-corrected chi connectivity index (χ3v) is 4.22. The van der Waals surface area contributed by atoms with Gasteiger partial charge in [0, 0.05) is 4.47 Å². The predicted molar refractivity (Wildman–Crippen MR) is 72.7 cm³/mol. The first-order chi connectivity index (χ1) is 9.17. The van der Waals surface area contributed by atoms with Crippen LogP contribution in [0.1, 0.15) is 25.3 Å². The third kappa shape index (κ3) is 2.10. The summed E-state index contributed by atoms with van der Waals surface area (Å²) in [7, 11) is 0. The molecule has 1 aromatic rings. The standard InChI is InChI=1S/C14H15BrO4/c1-2-17-13(16)14(3-4-14)9-7-11-12(8-10(9)15)19-6-5-18-11/h7-8H,2-6H2,1H3. The van der Waals surface area contributed by atoms with Crippen molar-refractivity contribution in [2.75, 3.05) is 19.8 Å². The van der Waals surface area contributed by atoms with Crippen LogP contribution in [0.4, 0.5) is 0 Å². The van der Waals surface area contributed by atoms with Crippen molar-refractivity contribution in [3.05, 3.63) is 22.2 Å². The average molecular weight is 327 g/mol. The Morgan fingerprint density at radius 1 is 1.32 bits per heavy atom. The quantitative estimate of drug-likeness (QED) is 0.801. The van der Waals surface area contributed by atoms with E-state index in [0.717, 1.165) is 28.6 Å². The minimum atomic E-state index is -0.495. The molecule has 1 fully saturated rings. The Bertz CT molecular complexity index is 522. The lowest BCUT2D eigenvalue weighted by Gasteiger charge is -2.22. The molecule has 1 saturated carbocycles. The van der Waals surface area contributed by atoms with Crippen molar-refractivity contribution >= 4 is 21.9 Å². The van der Waals surface area contributed by atoms with Gasteiger partial charge in [0.2, 0.25) is 0 Å². The first-order valence-corrected chi connectivity index (χ1v) is 7.23. The summed E-state index contributed by atoms with van der Waals surface area (Å²) in [6, 6.07) is 3.78. The van der Waals surface area contributed by atoms with Gasteiger partial charge >= 0.3 is 5.97 Å². The molecule has 0 bridgehead atoms. The van der Waals surface area contributed by atoms with E-state index in [-0.39, 0.29) is 5.97 Å². The second-order valence-electron chi connectivity index (χ2n) is 4.78. The monoisotopic (exact) mass is 326 g/mol. The Morgan fingerprint density at radius 2 is 1.95 bits per heavy atom. The number of benzene rings is 1. The summed E-state index contributed by atoms with van der Waals surface area (Å²) in [6.45, 7) is 3.33. The minimum Gasteiger partial charge on any atom is -0.486 e. The molecule has 0 N–H and O–H groups in total. The molecule has 4 nitrogen and oxygen atoms in total. The number of ether oxygens (including phenoxy) is 3.